The van der Waals surface area contributed by atoms with Crippen molar-refractivity contribution in [3.63, 3.8) is 0 Å². The Morgan fingerprint density at radius 3 is 2.79 bits per heavy atom. The van der Waals surface area contributed by atoms with Crippen LogP contribution in [0.2, 0.25) is 5.02 Å². The van der Waals surface area contributed by atoms with Crippen molar-refractivity contribution in [2.24, 2.45) is 0 Å². The Hall–Kier alpha value is -0.840. The van der Waals surface area contributed by atoms with Gasteiger partial charge in [-0.3, -0.25) is 0 Å². The van der Waals surface area contributed by atoms with Crippen LogP contribution in [0, 0.1) is 0 Å². The van der Waals surface area contributed by atoms with E-state index < -0.39 is 0 Å². The molecule has 19 heavy (non-hydrogen) atoms. The Morgan fingerprint density at radius 1 is 1.37 bits per heavy atom. The van der Waals surface area contributed by atoms with Crippen molar-refractivity contribution in [3.05, 3.63) is 39.8 Å². The highest BCUT2D eigenvalue weighted by Crippen LogP contribution is 2.31. The van der Waals surface area contributed by atoms with Crippen LogP contribution in [0.3, 0.4) is 0 Å². The van der Waals surface area contributed by atoms with Crippen LogP contribution in [0.4, 0.5) is 0 Å². The molecular formula is C14H16BrClN2O. The van der Waals surface area contributed by atoms with Crippen molar-refractivity contribution < 1.29 is 4.42 Å². The van der Waals surface area contributed by atoms with Gasteiger partial charge in [0.2, 0.25) is 5.89 Å². The molecule has 0 radical (unpaired) electrons. The summed E-state index contributed by atoms with van der Waals surface area (Å²) in [5.74, 6) is 1.37. The summed E-state index contributed by atoms with van der Waals surface area (Å²) in [6.07, 6.45) is 1.72. The van der Waals surface area contributed by atoms with Crippen molar-refractivity contribution in [2.45, 2.75) is 32.9 Å². The lowest BCUT2D eigenvalue weighted by Gasteiger charge is -2.18. The third-order valence-electron chi connectivity index (χ3n) is 2.52. The molecule has 0 aliphatic heterocycles. The van der Waals surface area contributed by atoms with E-state index in [1.54, 1.807) is 6.20 Å². The number of halogens is 2. The van der Waals surface area contributed by atoms with Crippen LogP contribution in [-0.2, 0) is 6.54 Å². The number of rotatable bonds is 3. The summed E-state index contributed by atoms with van der Waals surface area (Å²) in [5, 5.41) is 4.01. The molecule has 0 fully saturated rings. The van der Waals surface area contributed by atoms with Crippen molar-refractivity contribution in [1.29, 1.82) is 0 Å². The van der Waals surface area contributed by atoms with E-state index in [4.69, 9.17) is 16.0 Å². The minimum absolute atomic E-state index is 0.0330. The number of aromatic nitrogens is 1. The van der Waals surface area contributed by atoms with E-state index in [1.165, 1.54) is 0 Å². The Labute approximate surface area is 126 Å². The van der Waals surface area contributed by atoms with Crippen LogP contribution in [0.15, 0.2) is 33.3 Å². The minimum Gasteiger partial charge on any atom is -0.439 e. The molecule has 0 aliphatic carbocycles. The van der Waals surface area contributed by atoms with Gasteiger partial charge in [-0.2, -0.15) is 0 Å². The van der Waals surface area contributed by atoms with Gasteiger partial charge in [0.05, 0.1) is 12.7 Å². The molecule has 0 saturated carbocycles. The van der Waals surface area contributed by atoms with Crippen molar-refractivity contribution in [2.75, 3.05) is 0 Å². The first-order valence-electron chi connectivity index (χ1n) is 6.00. The maximum Gasteiger partial charge on any atom is 0.208 e. The van der Waals surface area contributed by atoms with E-state index >= 15 is 0 Å². The van der Waals surface area contributed by atoms with E-state index in [0.29, 0.717) is 23.2 Å². The van der Waals surface area contributed by atoms with Crippen molar-refractivity contribution in [1.82, 2.24) is 10.3 Å². The number of nitrogens with one attached hydrogen (secondary N) is 1. The molecule has 0 spiro atoms. The van der Waals surface area contributed by atoms with Gasteiger partial charge < -0.3 is 9.73 Å². The fraction of sp³-hybridized carbons (Fsp3) is 0.357. The average molecular weight is 344 g/mol. The molecule has 2 aromatic rings. The van der Waals surface area contributed by atoms with Gasteiger partial charge in [-0.1, -0.05) is 27.5 Å². The largest absolute Gasteiger partial charge is 0.439 e. The van der Waals surface area contributed by atoms with Crippen LogP contribution < -0.4 is 5.32 Å². The van der Waals surface area contributed by atoms with Gasteiger partial charge in [-0.05, 0) is 39.0 Å². The zero-order chi connectivity index (χ0) is 14.0. The van der Waals surface area contributed by atoms with E-state index in [0.717, 1.165) is 10.0 Å². The summed E-state index contributed by atoms with van der Waals surface area (Å²) in [7, 11) is 0. The second-order valence-electron chi connectivity index (χ2n) is 5.35. The fourth-order valence-electron chi connectivity index (χ4n) is 1.54. The molecule has 0 saturated heterocycles. The Kier molecular flexibility index (Phi) is 4.33. The predicted octanol–water partition coefficient (Wildman–Crippen LogP) is 4.65. The molecular weight excluding hydrogens is 328 g/mol. The molecule has 0 aliphatic rings. The molecule has 0 bridgehead atoms. The summed E-state index contributed by atoms with van der Waals surface area (Å²) in [6.45, 7) is 6.90. The van der Waals surface area contributed by atoms with E-state index in [-0.39, 0.29) is 5.54 Å². The molecule has 1 heterocycles. The standard InChI is InChI=1S/C14H16BrClN2O/c1-14(2,3)18-8-13-17-7-12(19-13)10-6-9(16)4-5-11(10)15/h4-7,18H,8H2,1-3H3. The van der Waals surface area contributed by atoms with Crippen molar-refractivity contribution >= 4 is 27.5 Å². The second kappa shape index (κ2) is 5.65. The summed E-state index contributed by atoms with van der Waals surface area (Å²) in [4.78, 5) is 4.27. The number of nitrogens with zero attached hydrogens (tertiary/aromatic N) is 1. The Bertz CT molecular complexity index is 575. The number of oxazole rings is 1. The Morgan fingerprint density at radius 2 is 2.11 bits per heavy atom. The second-order valence-corrected chi connectivity index (χ2v) is 6.64. The molecule has 1 aromatic heterocycles. The average Bonchev–Trinajstić information content (AvgIpc) is 2.77. The smallest absolute Gasteiger partial charge is 0.208 e. The summed E-state index contributed by atoms with van der Waals surface area (Å²) in [5.41, 5.74) is 0.938. The molecule has 102 valence electrons. The van der Waals surface area contributed by atoms with E-state index in [9.17, 15) is 0 Å². The van der Waals surface area contributed by atoms with Gasteiger partial charge in [0.15, 0.2) is 5.76 Å². The van der Waals surface area contributed by atoms with E-state index in [2.05, 4.69) is 47.0 Å². The lowest BCUT2D eigenvalue weighted by molar-refractivity contribution is 0.383. The molecule has 0 atom stereocenters. The first-order valence-corrected chi connectivity index (χ1v) is 7.17. The van der Waals surface area contributed by atoms with Crippen LogP contribution in [0.25, 0.3) is 11.3 Å². The predicted molar refractivity (Wildman–Crippen MR) is 81.2 cm³/mol. The number of hydrogen-bond acceptors (Lipinski definition) is 3. The minimum atomic E-state index is 0.0330. The third-order valence-corrected chi connectivity index (χ3v) is 3.44. The highest BCUT2D eigenvalue weighted by molar-refractivity contribution is 9.10. The molecule has 2 rings (SSSR count). The summed E-state index contributed by atoms with van der Waals surface area (Å²) in [6, 6.07) is 5.58. The monoisotopic (exact) mass is 342 g/mol. The molecule has 1 N–H and O–H groups in total. The van der Waals surface area contributed by atoms with Gasteiger partial charge in [-0.15, -0.1) is 0 Å². The number of benzene rings is 1. The van der Waals surface area contributed by atoms with Gasteiger partial charge in [0.25, 0.3) is 0 Å². The number of hydrogen-bond donors (Lipinski definition) is 1. The quantitative estimate of drug-likeness (QED) is 0.882. The summed E-state index contributed by atoms with van der Waals surface area (Å²) >= 11 is 9.48. The maximum atomic E-state index is 6.00. The molecule has 0 unspecified atom stereocenters. The SMILES string of the molecule is CC(C)(C)NCc1ncc(-c2cc(Cl)ccc2Br)o1. The Balaban J connectivity index is 2.19. The fourth-order valence-corrected chi connectivity index (χ4v) is 2.16. The first kappa shape index (κ1) is 14.6. The molecule has 1 aromatic carbocycles. The highest BCUT2D eigenvalue weighted by Gasteiger charge is 2.13. The van der Waals surface area contributed by atoms with Crippen LogP contribution in [-0.4, -0.2) is 10.5 Å². The summed E-state index contributed by atoms with van der Waals surface area (Å²) < 4.78 is 6.67. The zero-order valence-corrected chi connectivity index (χ0v) is 13.5. The normalized spacial score (nSPS) is 11.8. The maximum absolute atomic E-state index is 6.00. The van der Waals surface area contributed by atoms with Crippen LogP contribution in [0.5, 0.6) is 0 Å². The van der Waals surface area contributed by atoms with Gasteiger partial charge in [0.1, 0.15) is 0 Å². The molecule has 3 nitrogen and oxygen atoms in total. The first-order chi connectivity index (χ1) is 8.85. The molecule has 0 amide bonds. The highest BCUT2D eigenvalue weighted by atomic mass is 79.9. The van der Waals surface area contributed by atoms with E-state index in [1.807, 2.05) is 18.2 Å². The zero-order valence-electron chi connectivity index (χ0n) is 11.1. The van der Waals surface area contributed by atoms with Gasteiger partial charge in [-0.25, -0.2) is 4.98 Å². The van der Waals surface area contributed by atoms with Crippen molar-refractivity contribution in [3.8, 4) is 11.3 Å². The van der Waals surface area contributed by atoms with Crippen LogP contribution >= 0.6 is 27.5 Å². The topological polar surface area (TPSA) is 38.1 Å². The van der Waals surface area contributed by atoms with Crippen LogP contribution in [0.1, 0.15) is 26.7 Å². The third kappa shape index (κ3) is 4.06. The van der Waals surface area contributed by atoms with Gasteiger partial charge in [0, 0.05) is 20.6 Å². The van der Waals surface area contributed by atoms with Gasteiger partial charge >= 0.3 is 0 Å². The lowest BCUT2D eigenvalue weighted by Crippen LogP contribution is -2.35. The molecule has 5 heteroatoms. The lowest BCUT2D eigenvalue weighted by atomic mass is 10.1.